The SMILES string of the molecule is Cn1cc(Br)cc1C(=O)N1CCC(c2nc3cc(Cl)ccc3s2)CC1. The number of hydrogen-bond donors (Lipinski definition) is 0. The molecule has 1 aliphatic heterocycles. The van der Waals surface area contributed by atoms with Crippen LogP contribution in [0.3, 0.4) is 0 Å². The maximum atomic E-state index is 12.7. The lowest BCUT2D eigenvalue weighted by molar-refractivity contribution is 0.0703. The number of halogens is 2. The Morgan fingerprint density at radius 2 is 2.08 bits per heavy atom. The van der Waals surface area contributed by atoms with E-state index in [1.807, 2.05) is 47.0 Å². The summed E-state index contributed by atoms with van der Waals surface area (Å²) in [5.41, 5.74) is 1.69. The van der Waals surface area contributed by atoms with Gasteiger partial charge in [-0.25, -0.2) is 4.98 Å². The molecule has 2 aromatic heterocycles. The van der Waals surface area contributed by atoms with Crippen molar-refractivity contribution in [3.8, 4) is 0 Å². The number of benzene rings is 1. The summed E-state index contributed by atoms with van der Waals surface area (Å²) in [6, 6.07) is 7.74. The number of thiazole rings is 1. The highest BCUT2D eigenvalue weighted by Crippen LogP contribution is 2.35. The summed E-state index contributed by atoms with van der Waals surface area (Å²) in [5.74, 6) is 0.517. The highest BCUT2D eigenvalue weighted by atomic mass is 79.9. The zero-order valence-electron chi connectivity index (χ0n) is 13.7. The third-order valence-corrected chi connectivity index (χ3v) is 6.56. The number of likely N-dealkylation sites (tertiary alicyclic amines) is 1. The molecule has 0 atom stereocenters. The minimum absolute atomic E-state index is 0.0998. The van der Waals surface area contributed by atoms with Crippen LogP contribution in [0.5, 0.6) is 0 Å². The zero-order valence-corrected chi connectivity index (χ0v) is 16.9. The van der Waals surface area contributed by atoms with E-state index in [9.17, 15) is 4.79 Å². The summed E-state index contributed by atoms with van der Waals surface area (Å²) in [6.45, 7) is 1.53. The first-order valence-electron chi connectivity index (χ1n) is 8.18. The van der Waals surface area contributed by atoms with Gasteiger partial charge in [0.1, 0.15) is 5.69 Å². The van der Waals surface area contributed by atoms with Crippen LogP contribution in [-0.2, 0) is 7.05 Å². The monoisotopic (exact) mass is 437 g/mol. The van der Waals surface area contributed by atoms with Gasteiger partial charge in [-0.2, -0.15) is 0 Å². The lowest BCUT2D eigenvalue weighted by Crippen LogP contribution is -2.38. The van der Waals surface area contributed by atoms with E-state index in [0.29, 0.717) is 5.92 Å². The van der Waals surface area contributed by atoms with Gasteiger partial charge in [0, 0.05) is 41.7 Å². The molecule has 1 aromatic carbocycles. The topological polar surface area (TPSA) is 38.1 Å². The van der Waals surface area contributed by atoms with Crippen LogP contribution in [-0.4, -0.2) is 33.4 Å². The van der Waals surface area contributed by atoms with Crippen LogP contribution in [0, 0.1) is 0 Å². The Morgan fingerprint density at radius 3 is 2.76 bits per heavy atom. The summed E-state index contributed by atoms with van der Waals surface area (Å²) < 4.78 is 3.98. The molecule has 1 aliphatic rings. The molecule has 0 saturated carbocycles. The molecule has 130 valence electrons. The predicted molar refractivity (Wildman–Crippen MR) is 106 cm³/mol. The predicted octanol–water partition coefficient (Wildman–Crippen LogP) is 5.07. The molecule has 0 radical (unpaired) electrons. The lowest BCUT2D eigenvalue weighted by Gasteiger charge is -2.31. The van der Waals surface area contributed by atoms with Gasteiger partial charge in [0.2, 0.25) is 0 Å². The highest BCUT2D eigenvalue weighted by Gasteiger charge is 2.27. The average molecular weight is 439 g/mol. The second kappa shape index (κ2) is 6.74. The van der Waals surface area contributed by atoms with Gasteiger partial charge >= 0.3 is 0 Å². The van der Waals surface area contributed by atoms with Gasteiger partial charge in [-0.3, -0.25) is 4.79 Å². The van der Waals surface area contributed by atoms with E-state index in [1.54, 1.807) is 11.3 Å². The number of nitrogens with zero attached hydrogens (tertiary/aromatic N) is 3. The molecule has 7 heteroatoms. The summed E-state index contributed by atoms with van der Waals surface area (Å²) in [4.78, 5) is 19.4. The molecule has 0 aliphatic carbocycles. The Labute approximate surface area is 163 Å². The minimum Gasteiger partial charge on any atom is -0.345 e. The number of carbonyl (C=O) groups excluding carboxylic acids is 1. The van der Waals surface area contributed by atoms with Crippen LogP contribution in [0.25, 0.3) is 10.2 Å². The van der Waals surface area contributed by atoms with Crippen molar-refractivity contribution in [3.63, 3.8) is 0 Å². The van der Waals surface area contributed by atoms with Crippen LogP contribution < -0.4 is 0 Å². The summed E-state index contributed by atoms with van der Waals surface area (Å²) >= 11 is 11.2. The number of aromatic nitrogens is 2. The van der Waals surface area contributed by atoms with E-state index < -0.39 is 0 Å². The number of rotatable bonds is 2. The Hall–Kier alpha value is -1.37. The summed E-state index contributed by atoms with van der Waals surface area (Å²) in [6.07, 6.45) is 3.81. The van der Waals surface area contributed by atoms with Gasteiger partial charge < -0.3 is 9.47 Å². The molecule has 0 spiro atoms. The molecule has 3 heterocycles. The van der Waals surface area contributed by atoms with Crippen molar-refractivity contribution < 1.29 is 4.79 Å². The third kappa shape index (κ3) is 3.35. The van der Waals surface area contributed by atoms with E-state index in [1.165, 1.54) is 4.70 Å². The Kier molecular flexibility index (Phi) is 4.60. The molecule has 4 rings (SSSR count). The summed E-state index contributed by atoms with van der Waals surface area (Å²) in [7, 11) is 1.90. The maximum Gasteiger partial charge on any atom is 0.270 e. The lowest BCUT2D eigenvalue weighted by atomic mass is 9.97. The van der Waals surface area contributed by atoms with E-state index in [2.05, 4.69) is 15.9 Å². The first-order chi connectivity index (χ1) is 12.0. The van der Waals surface area contributed by atoms with Crippen molar-refractivity contribution in [3.05, 3.63) is 50.7 Å². The molecule has 4 nitrogen and oxygen atoms in total. The van der Waals surface area contributed by atoms with Gasteiger partial charge in [0.05, 0.1) is 15.2 Å². The summed E-state index contributed by atoms with van der Waals surface area (Å²) in [5, 5.41) is 1.88. The van der Waals surface area contributed by atoms with Crippen molar-refractivity contribution in [1.29, 1.82) is 0 Å². The van der Waals surface area contributed by atoms with Crippen molar-refractivity contribution in [2.45, 2.75) is 18.8 Å². The molecule has 1 fully saturated rings. The molecule has 1 amide bonds. The van der Waals surface area contributed by atoms with Gasteiger partial charge in [0.25, 0.3) is 5.91 Å². The number of aryl methyl sites for hydroxylation is 1. The number of carbonyl (C=O) groups is 1. The molecule has 0 N–H and O–H groups in total. The van der Waals surface area contributed by atoms with Crippen LogP contribution in [0.1, 0.15) is 34.3 Å². The first-order valence-corrected chi connectivity index (χ1v) is 10.2. The van der Waals surface area contributed by atoms with E-state index in [0.717, 1.165) is 51.6 Å². The van der Waals surface area contributed by atoms with Gasteiger partial charge in [-0.1, -0.05) is 11.6 Å². The zero-order chi connectivity index (χ0) is 17.6. The van der Waals surface area contributed by atoms with E-state index >= 15 is 0 Å². The van der Waals surface area contributed by atoms with Crippen LogP contribution in [0.2, 0.25) is 5.02 Å². The number of hydrogen-bond acceptors (Lipinski definition) is 3. The normalized spacial score (nSPS) is 15.9. The largest absolute Gasteiger partial charge is 0.345 e. The van der Waals surface area contributed by atoms with Gasteiger partial charge in [0.15, 0.2) is 0 Å². The van der Waals surface area contributed by atoms with Gasteiger partial charge in [-0.15, -0.1) is 11.3 Å². The van der Waals surface area contributed by atoms with Crippen molar-refractivity contribution in [1.82, 2.24) is 14.5 Å². The fraction of sp³-hybridized carbons (Fsp3) is 0.333. The molecule has 25 heavy (non-hydrogen) atoms. The quantitative estimate of drug-likeness (QED) is 0.560. The van der Waals surface area contributed by atoms with Crippen molar-refractivity contribution in [2.75, 3.05) is 13.1 Å². The van der Waals surface area contributed by atoms with E-state index in [4.69, 9.17) is 16.6 Å². The highest BCUT2D eigenvalue weighted by molar-refractivity contribution is 9.10. The molecular weight excluding hydrogens is 422 g/mol. The maximum absolute atomic E-state index is 12.7. The Bertz CT molecular complexity index is 943. The minimum atomic E-state index is 0.0998. The molecule has 3 aromatic rings. The third-order valence-electron chi connectivity index (χ3n) is 4.69. The second-order valence-corrected chi connectivity index (χ2v) is 8.80. The average Bonchev–Trinajstić information content (AvgIpc) is 3.16. The Balaban J connectivity index is 1.47. The molecule has 0 unspecified atom stereocenters. The van der Waals surface area contributed by atoms with Crippen molar-refractivity contribution >= 4 is 55.0 Å². The smallest absolute Gasteiger partial charge is 0.270 e. The second-order valence-electron chi connectivity index (χ2n) is 6.39. The van der Waals surface area contributed by atoms with Crippen molar-refractivity contribution in [2.24, 2.45) is 7.05 Å². The fourth-order valence-corrected chi connectivity index (χ4v) is 5.13. The van der Waals surface area contributed by atoms with E-state index in [-0.39, 0.29) is 5.91 Å². The first kappa shape index (κ1) is 17.1. The van der Waals surface area contributed by atoms with Crippen LogP contribution >= 0.6 is 38.9 Å². The molecular formula is C18H17BrClN3OS. The number of piperidine rings is 1. The number of amides is 1. The van der Waals surface area contributed by atoms with Crippen LogP contribution in [0.15, 0.2) is 34.9 Å². The van der Waals surface area contributed by atoms with Crippen LogP contribution in [0.4, 0.5) is 0 Å². The Morgan fingerprint density at radius 1 is 1.32 bits per heavy atom. The molecule has 0 bridgehead atoms. The molecule has 1 saturated heterocycles. The number of fused-ring (bicyclic) bond motifs is 1. The fourth-order valence-electron chi connectivity index (χ4n) is 3.32. The van der Waals surface area contributed by atoms with Gasteiger partial charge in [-0.05, 0) is 53.0 Å². The standard InChI is InChI=1S/C18H17BrClN3OS/c1-22-10-12(19)8-15(22)18(24)23-6-4-11(5-7-23)17-21-14-9-13(20)2-3-16(14)25-17/h2-3,8-11H,4-7H2,1H3.